The summed E-state index contributed by atoms with van der Waals surface area (Å²) in [7, 11) is 0. The number of hydrogen-bond donors (Lipinski definition) is 2. The van der Waals surface area contributed by atoms with E-state index in [0.29, 0.717) is 28.1 Å². The van der Waals surface area contributed by atoms with Gasteiger partial charge >= 0.3 is 5.97 Å². The molecule has 0 atom stereocenters. The zero-order valence-corrected chi connectivity index (χ0v) is 17.5. The molecule has 0 aliphatic carbocycles. The summed E-state index contributed by atoms with van der Waals surface area (Å²) in [4.78, 5) is 23.3. The van der Waals surface area contributed by atoms with Crippen molar-refractivity contribution in [1.82, 2.24) is 20.2 Å². The van der Waals surface area contributed by atoms with Gasteiger partial charge in [0.2, 0.25) is 0 Å². The van der Waals surface area contributed by atoms with Crippen LogP contribution in [0.1, 0.15) is 22.8 Å². The molecule has 10 heteroatoms. The SMILES string of the molecule is CCn1c(SCC(=O)N/N=C/c2ccccc2C(=O)O)nnc1-c1ccc(Cl)cc1. The summed E-state index contributed by atoms with van der Waals surface area (Å²) in [5.74, 6) is -0.631. The summed E-state index contributed by atoms with van der Waals surface area (Å²) >= 11 is 7.17. The lowest BCUT2D eigenvalue weighted by Gasteiger charge is -2.07. The zero-order valence-electron chi connectivity index (χ0n) is 15.9. The summed E-state index contributed by atoms with van der Waals surface area (Å²) < 4.78 is 1.91. The number of hydrazone groups is 1. The Morgan fingerprint density at radius 1 is 1.20 bits per heavy atom. The van der Waals surface area contributed by atoms with Crippen LogP contribution in [0.5, 0.6) is 0 Å². The van der Waals surface area contributed by atoms with Crippen molar-refractivity contribution in [2.45, 2.75) is 18.6 Å². The van der Waals surface area contributed by atoms with Crippen LogP contribution >= 0.6 is 23.4 Å². The van der Waals surface area contributed by atoms with Gasteiger partial charge < -0.3 is 9.67 Å². The summed E-state index contributed by atoms with van der Waals surface area (Å²) in [6.45, 7) is 2.61. The second-order valence-corrected chi connectivity index (χ2v) is 7.41. The largest absolute Gasteiger partial charge is 0.478 e. The first-order valence-corrected chi connectivity index (χ1v) is 10.3. The maximum Gasteiger partial charge on any atom is 0.336 e. The molecule has 1 heterocycles. The molecule has 154 valence electrons. The molecule has 2 N–H and O–H groups in total. The third kappa shape index (κ3) is 5.25. The first kappa shape index (κ1) is 21.5. The molecule has 0 fully saturated rings. The van der Waals surface area contributed by atoms with E-state index in [4.69, 9.17) is 16.7 Å². The molecule has 0 saturated carbocycles. The maximum absolute atomic E-state index is 12.1. The molecule has 2 aromatic carbocycles. The number of carboxylic acid groups (broad SMARTS) is 1. The van der Waals surface area contributed by atoms with Crippen LogP contribution in [0.3, 0.4) is 0 Å². The average Bonchev–Trinajstić information content (AvgIpc) is 3.16. The highest BCUT2D eigenvalue weighted by atomic mass is 35.5. The molecule has 0 saturated heterocycles. The minimum absolute atomic E-state index is 0.0800. The van der Waals surface area contributed by atoms with E-state index < -0.39 is 5.97 Å². The molecule has 8 nitrogen and oxygen atoms in total. The van der Waals surface area contributed by atoms with Gasteiger partial charge in [0, 0.05) is 22.7 Å². The van der Waals surface area contributed by atoms with Crippen LogP contribution in [0.15, 0.2) is 58.8 Å². The topological polar surface area (TPSA) is 109 Å². The lowest BCUT2D eigenvalue weighted by atomic mass is 10.1. The fourth-order valence-corrected chi connectivity index (χ4v) is 3.55. The molecule has 0 unspecified atom stereocenters. The highest BCUT2D eigenvalue weighted by Crippen LogP contribution is 2.25. The number of benzene rings is 2. The van der Waals surface area contributed by atoms with Gasteiger partial charge in [-0.3, -0.25) is 4.79 Å². The lowest BCUT2D eigenvalue weighted by molar-refractivity contribution is -0.118. The molecule has 0 spiro atoms. The summed E-state index contributed by atoms with van der Waals surface area (Å²) in [6, 6.07) is 13.7. The zero-order chi connectivity index (χ0) is 21.5. The van der Waals surface area contributed by atoms with Gasteiger partial charge in [-0.25, -0.2) is 10.2 Å². The predicted molar refractivity (Wildman–Crippen MR) is 116 cm³/mol. The molecule has 0 radical (unpaired) electrons. The van der Waals surface area contributed by atoms with Gasteiger partial charge in [-0.05, 0) is 37.3 Å². The summed E-state index contributed by atoms with van der Waals surface area (Å²) in [6.07, 6.45) is 1.30. The number of carbonyl (C=O) groups is 2. The number of nitrogens with zero attached hydrogens (tertiary/aromatic N) is 4. The Kier molecular flexibility index (Phi) is 7.21. The maximum atomic E-state index is 12.1. The van der Waals surface area contributed by atoms with Crippen molar-refractivity contribution >= 4 is 41.5 Å². The van der Waals surface area contributed by atoms with Crippen LogP contribution in [0.25, 0.3) is 11.4 Å². The first-order chi connectivity index (χ1) is 14.5. The van der Waals surface area contributed by atoms with E-state index in [1.165, 1.54) is 24.0 Å². The van der Waals surface area contributed by atoms with Gasteiger partial charge in [0.25, 0.3) is 5.91 Å². The third-order valence-corrected chi connectivity index (χ3v) is 5.27. The number of rotatable bonds is 8. The number of amides is 1. The minimum Gasteiger partial charge on any atom is -0.478 e. The normalized spacial score (nSPS) is 11.0. The highest BCUT2D eigenvalue weighted by Gasteiger charge is 2.14. The van der Waals surface area contributed by atoms with E-state index in [1.54, 1.807) is 30.3 Å². The summed E-state index contributed by atoms with van der Waals surface area (Å²) in [5.41, 5.74) is 3.78. The number of thioether (sulfide) groups is 1. The standard InChI is InChI=1S/C20H18ClN5O3S/c1-2-26-18(13-7-9-15(21)10-8-13)24-25-20(26)30-12-17(27)23-22-11-14-5-3-4-6-16(14)19(28)29/h3-11H,2,12H2,1H3,(H,23,27)(H,28,29)/b22-11+. The lowest BCUT2D eigenvalue weighted by Crippen LogP contribution is -2.20. The Morgan fingerprint density at radius 3 is 2.63 bits per heavy atom. The molecule has 30 heavy (non-hydrogen) atoms. The second-order valence-electron chi connectivity index (χ2n) is 6.03. The van der Waals surface area contributed by atoms with E-state index in [9.17, 15) is 9.59 Å². The molecular formula is C20H18ClN5O3S. The number of aromatic nitrogens is 3. The Morgan fingerprint density at radius 2 is 1.93 bits per heavy atom. The quantitative estimate of drug-likeness (QED) is 0.313. The van der Waals surface area contributed by atoms with E-state index in [0.717, 1.165) is 5.56 Å². The number of nitrogens with one attached hydrogen (secondary N) is 1. The van der Waals surface area contributed by atoms with Crippen LogP contribution in [-0.4, -0.2) is 43.7 Å². The Balaban J connectivity index is 1.61. The van der Waals surface area contributed by atoms with E-state index in [-0.39, 0.29) is 17.2 Å². The molecule has 3 aromatic rings. The highest BCUT2D eigenvalue weighted by molar-refractivity contribution is 7.99. The molecular weight excluding hydrogens is 426 g/mol. The monoisotopic (exact) mass is 443 g/mol. The van der Waals surface area contributed by atoms with Gasteiger partial charge in [-0.15, -0.1) is 10.2 Å². The number of hydrogen-bond acceptors (Lipinski definition) is 6. The van der Waals surface area contributed by atoms with Crippen molar-refractivity contribution in [1.29, 1.82) is 0 Å². The molecule has 0 bridgehead atoms. The van der Waals surface area contributed by atoms with E-state index >= 15 is 0 Å². The smallest absolute Gasteiger partial charge is 0.336 e. The molecule has 0 aliphatic rings. The molecule has 0 aliphatic heterocycles. The van der Waals surface area contributed by atoms with Crippen molar-refractivity contribution in [3.05, 3.63) is 64.7 Å². The van der Waals surface area contributed by atoms with Crippen LogP contribution in [-0.2, 0) is 11.3 Å². The molecule has 1 aromatic heterocycles. The Labute approximate surface area is 182 Å². The number of halogens is 1. The van der Waals surface area contributed by atoms with Crippen LogP contribution in [0.4, 0.5) is 0 Å². The van der Waals surface area contributed by atoms with Crippen molar-refractivity contribution in [3.8, 4) is 11.4 Å². The van der Waals surface area contributed by atoms with Crippen molar-refractivity contribution in [2.24, 2.45) is 5.10 Å². The van der Waals surface area contributed by atoms with E-state index in [1.807, 2.05) is 23.6 Å². The van der Waals surface area contributed by atoms with Gasteiger partial charge in [-0.2, -0.15) is 5.10 Å². The van der Waals surface area contributed by atoms with Crippen LogP contribution < -0.4 is 5.43 Å². The second kappa shape index (κ2) is 10.0. The van der Waals surface area contributed by atoms with E-state index in [2.05, 4.69) is 20.7 Å². The third-order valence-electron chi connectivity index (χ3n) is 4.05. The van der Waals surface area contributed by atoms with Crippen LogP contribution in [0, 0.1) is 0 Å². The van der Waals surface area contributed by atoms with Crippen LogP contribution in [0.2, 0.25) is 5.02 Å². The van der Waals surface area contributed by atoms with Gasteiger partial charge in [-0.1, -0.05) is 41.6 Å². The van der Waals surface area contributed by atoms with Crippen molar-refractivity contribution in [3.63, 3.8) is 0 Å². The molecule has 1 amide bonds. The fourth-order valence-electron chi connectivity index (χ4n) is 2.63. The van der Waals surface area contributed by atoms with Gasteiger partial charge in [0.15, 0.2) is 11.0 Å². The summed E-state index contributed by atoms with van der Waals surface area (Å²) in [5, 5.41) is 22.6. The van der Waals surface area contributed by atoms with Gasteiger partial charge in [0.05, 0.1) is 17.5 Å². The predicted octanol–water partition coefficient (Wildman–Crippen LogP) is 3.56. The Bertz CT molecular complexity index is 1080. The Hall–Kier alpha value is -3.17. The number of aromatic carboxylic acids is 1. The first-order valence-electron chi connectivity index (χ1n) is 8.95. The van der Waals surface area contributed by atoms with Crippen molar-refractivity contribution < 1.29 is 14.7 Å². The van der Waals surface area contributed by atoms with Gasteiger partial charge in [0.1, 0.15) is 0 Å². The van der Waals surface area contributed by atoms with Crippen molar-refractivity contribution in [2.75, 3.05) is 5.75 Å². The molecule has 3 rings (SSSR count). The average molecular weight is 444 g/mol. The minimum atomic E-state index is -1.06. The number of carboxylic acids is 1. The number of carbonyl (C=O) groups excluding carboxylic acids is 1. The fraction of sp³-hybridized carbons (Fsp3) is 0.150.